The molecule has 36 heavy (non-hydrogen) atoms. The molecule has 1 aromatic rings. The summed E-state index contributed by atoms with van der Waals surface area (Å²) in [5.41, 5.74) is 0.455. The fraction of sp³-hybridized carbons (Fsp3) is 0.357. The summed E-state index contributed by atoms with van der Waals surface area (Å²) < 4.78 is 16.5. The van der Waals surface area contributed by atoms with Crippen LogP contribution in [0.2, 0.25) is 0 Å². The number of carbonyl (C=O) groups is 2. The van der Waals surface area contributed by atoms with Crippen molar-refractivity contribution in [2.45, 2.75) is 39.7 Å². The minimum Gasteiger partial charge on any atom is -0.493 e. The summed E-state index contributed by atoms with van der Waals surface area (Å²) in [6.45, 7) is 7.43. The second kappa shape index (κ2) is 10.8. The second-order valence-corrected chi connectivity index (χ2v) is 9.33. The molecule has 2 atom stereocenters. The molecule has 3 rings (SSSR count). The average molecular weight is 514 g/mol. The van der Waals surface area contributed by atoms with E-state index in [2.05, 4.69) is 19.9 Å². The van der Waals surface area contributed by atoms with Gasteiger partial charge in [-0.25, -0.2) is 0 Å². The number of halogens is 1. The Hall–Kier alpha value is -3.29. The highest BCUT2D eigenvalue weighted by atomic mass is 35.5. The van der Waals surface area contributed by atoms with Gasteiger partial charge in [-0.15, -0.1) is 0 Å². The number of allylic oxidation sites excluding steroid dienone is 6. The third-order valence-corrected chi connectivity index (χ3v) is 6.69. The van der Waals surface area contributed by atoms with Gasteiger partial charge in [0.2, 0.25) is 17.3 Å². The highest BCUT2D eigenvalue weighted by Gasteiger charge is 2.48. The predicted octanol–water partition coefficient (Wildman–Crippen LogP) is 5.24. The topological polar surface area (TPSA) is 85.3 Å². The highest BCUT2D eigenvalue weighted by Crippen LogP contribution is 2.44. The molecule has 1 aliphatic carbocycles. The van der Waals surface area contributed by atoms with E-state index in [-0.39, 0.29) is 16.2 Å². The Morgan fingerprint density at radius 2 is 1.75 bits per heavy atom. The van der Waals surface area contributed by atoms with Gasteiger partial charge in [0.15, 0.2) is 17.1 Å². The maximum atomic E-state index is 13.1. The summed E-state index contributed by atoms with van der Waals surface area (Å²) in [7, 11) is 4.55. The summed E-state index contributed by atoms with van der Waals surface area (Å²) in [5.74, 6) is 0.149. The Bertz CT molecular complexity index is 1210. The lowest BCUT2D eigenvalue weighted by Crippen LogP contribution is -2.49. The van der Waals surface area contributed by atoms with Crippen LogP contribution in [0.5, 0.6) is 17.2 Å². The van der Waals surface area contributed by atoms with Crippen LogP contribution in [0.4, 0.5) is 5.69 Å². The van der Waals surface area contributed by atoms with Crippen LogP contribution < -0.4 is 19.1 Å². The molecule has 8 heteroatoms. The lowest BCUT2D eigenvalue weighted by molar-refractivity contribution is -0.144. The van der Waals surface area contributed by atoms with Crippen LogP contribution in [0.15, 0.2) is 70.1 Å². The lowest BCUT2D eigenvalue weighted by atomic mass is 9.79. The molecule has 0 saturated carbocycles. The number of rotatable bonds is 8. The van der Waals surface area contributed by atoms with Gasteiger partial charge >= 0.3 is 0 Å². The molecule has 192 valence electrons. The molecule has 0 unspecified atom stereocenters. The van der Waals surface area contributed by atoms with E-state index in [1.54, 1.807) is 29.3 Å². The Morgan fingerprint density at radius 1 is 1.14 bits per heavy atom. The number of carbonyl (C=O) groups excluding carboxylic acids is 2. The quantitative estimate of drug-likeness (QED) is 0.375. The number of nitrogens with zero attached hydrogens (tertiary/aromatic N) is 1. The van der Waals surface area contributed by atoms with Crippen molar-refractivity contribution >= 4 is 28.9 Å². The SMILES string of the molecule is CC[C@H](C)/C=C(C)/C=C/C1=CC2=C(Cl)C(=O)[C@](C)(O)C(=O)C2=CN1c1cc(OC)c(OC)c(OC)c1. The molecule has 1 heterocycles. The maximum Gasteiger partial charge on any atom is 0.214 e. The van der Waals surface area contributed by atoms with Gasteiger partial charge in [0.1, 0.15) is 0 Å². The van der Waals surface area contributed by atoms with Crippen LogP contribution in [0.1, 0.15) is 34.1 Å². The summed E-state index contributed by atoms with van der Waals surface area (Å²) in [4.78, 5) is 27.5. The van der Waals surface area contributed by atoms with Crippen molar-refractivity contribution in [1.29, 1.82) is 0 Å². The summed E-state index contributed by atoms with van der Waals surface area (Å²) >= 11 is 6.36. The summed E-state index contributed by atoms with van der Waals surface area (Å²) in [6, 6.07) is 3.49. The van der Waals surface area contributed by atoms with Gasteiger partial charge in [-0.05, 0) is 31.9 Å². The van der Waals surface area contributed by atoms with Crippen molar-refractivity contribution in [2.24, 2.45) is 5.92 Å². The number of Topliss-reactive ketones (excluding diaryl/α,β-unsaturated/α-hetero) is 2. The van der Waals surface area contributed by atoms with E-state index in [4.69, 9.17) is 25.8 Å². The van der Waals surface area contributed by atoms with Gasteiger partial charge in [-0.3, -0.25) is 9.59 Å². The molecule has 1 N–H and O–H groups in total. The molecule has 0 amide bonds. The number of ether oxygens (including phenoxy) is 3. The Balaban J connectivity index is 2.24. The van der Waals surface area contributed by atoms with E-state index in [0.29, 0.717) is 34.6 Å². The monoisotopic (exact) mass is 513 g/mol. The average Bonchev–Trinajstić information content (AvgIpc) is 2.88. The van der Waals surface area contributed by atoms with Crippen LogP contribution >= 0.6 is 11.6 Å². The van der Waals surface area contributed by atoms with Crippen molar-refractivity contribution in [3.63, 3.8) is 0 Å². The van der Waals surface area contributed by atoms with E-state index in [9.17, 15) is 14.7 Å². The van der Waals surface area contributed by atoms with Gasteiger partial charge in [0, 0.05) is 35.2 Å². The Morgan fingerprint density at radius 3 is 2.28 bits per heavy atom. The third-order valence-electron chi connectivity index (χ3n) is 6.32. The predicted molar refractivity (Wildman–Crippen MR) is 141 cm³/mol. The standard InChI is InChI=1S/C28H32ClNO6/c1-8-16(2)11-17(3)9-10-18-12-20-21(26(31)28(4,33)27(32)24(20)29)15-30(18)19-13-22(34-5)25(36-7)23(14-19)35-6/h9-16,33H,8H2,1-7H3/b10-9+,17-11+/t16-,28+/m0/s1. The zero-order chi connectivity index (χ0) is 26.8. The number of aliphatic hydroxyl groups is 1. The summed E-state index contributed by atoms with van der Waals surface area (Å²) in [5, 5.41) is 10.4. The molecule has 0 fully saturated rings. The molecule has 2 aliphatic rings. The van der Waals surface area contributed by atoms with Crippen LogP contribution in [0.25, 0.3) is 0 Å². The van der Waals surface area contributed by atoms with E-state index in [0.717, 1.165) is 18.9 Å². The number of hydrogen-bond donors (Lipinski definition) is 1. The second-order valence-electron chi connectivity index (χ2n) is 8.95. The van der Waals surface area contributed by atoms with E-state index < -0.39 is 17.2 Å². The molecule has 0 bridgehead atoms. The molecule has 1 aliphatic heterocycles. The summed E-state index contributed by atoms with van der Waals surface area (Å²) in [6.07, 6.45) is 10.3. The highest BCUT2D eigenvalue weighted by molar-refractivity contribution is 6.49. The van der Waals surface area contributed by atoms with Crippen LogP contribution in [-0.2, 0) is 9.59 Å². The van der Waals surface area contributed by atoms with Gasteiger partial charge in [-0.2, -0.15) is 0 Å². The fourth-order valence-electron chi connectivity index (χ4n) is 4.03. The Kier molecular flexibility index (Phi) is 8.16. The third kappa shape index (κ3) is 4.99. The van der Waals surface area contributed by atoms with E-state index in [1.807, 2.05) is 19.1 Å². The van der Waals surface area contributed by atoms with Gasteiger partial charge in [0.05, 0.1) is 32.0 Å². The number of ketones is 2. The van der Waals surface area contributed by atoms with Crippen LogP contribution in [-0.4, -0.2) is 43.6 Å². The molecule has 0 spiro atoms. The molecular formula is C28H32ClNO6. The zero-order valence-corrected chi connectivity index (χ0v) is 22.4. The van der Waals surface area contributed by atoms with Crippen molar-refractivity contribution in [3.05, 3.63) is 70.1 Å². The van der Waals surface area contributed by atoms with Crippen LogP contribution in [0.3, 0.4) is 0 Å². The first-order chi connectivity index (χ1) is 17.0. The Labute approximate surface area is 217 Å². The lowest BCUT2D eigenvalue weighted by Gasteiger charge is -2.34. The number of benzene rings is 1. The molecule has 0 aromatic heterocycles. The first-order valence-electron chi connectivity index (χ1n) is 11.6. The van der Waals surface area contributed by atoms with Gasteiger partial charge in [0.25, 0.3) is 0 Å². The number of methoxy groups -OCH3 is 3. The minimum absolute atomic E-state index is 0.127. The maximum absolute atomic E-state index is 13.1. The van der Waals surface area contributed by atoms with Crippen molar-refractivity contribution in [3.8, 4) is 17.2 Å². The normalized spacial score (nSPS) is 21.4. The van der Waals surface area contributed by atoms with Gasteiger partial charge in [-0.1, -0.05) is 49.6 Å². The van der Waals surface area contributed by atoms with Crippen molar-refractivity contribution in [2.75, 3.05) is 26.2 Å². The van der Waals surface area contributed by atoms with Crippen LogP contribution in [0, 0.1) is 5.92 Å². The largest absolute Gasteiger partial charge is 0.493 e. The molecule has 0 radical (unpaired) electrons. The molecule has 0 saturated heterocycles. The van der Waals surface area contributed by atoms with Crippen molar-refractivity contribution < 1.29 is 28.9 Å². The smallest absolute Gasteiger partial charge is 0.214 e. The fourth-order valence-corrected chi connectivity index (χ4v) is 4.37. The molecular weight excluding hydrogens is 482 g/mol. The first-order valence-corrected chi connectivity index (χ1v) is 12.0. The number of fused-ring (bicyclic) bond motifs is 1. The van der Waals surface area contributed by atoms with Gasteiger partial charge < -0.3 is 24.2 Å². The van der Waals surface area contributed by atoms with Crippen molar-refractivity contribution in [1.82, 2.24) is 0 Å². The van der Waals surface area contributed by atoms with E-state index in [1.165, 1.54) is 21.3 Å². The molecule has 1 aromatic carbocycles. The first kappa shape index (κ1) is 27.3. The van der Waals surface area contributed by atoms with E-state index >= 15 is 0 Å². The number of hydrogen-bond acceptors (Lipinski definition) is 7. The number of anilines is 1. The molecule has 7 nitrogen and oxygen atoms in total. The zero-order valence-electron chi connectivity index (χ0n) is 21.6. The minimum atomic E-state index is -2.25.